The number of nitrogens with zero attached hydrogens (tertiary/aromatic N) is 2. The Kier molecular flexibility index (Phi) is 3.97. The zero-order chi connectivity index (χ0) is 15.6. The van der Waals surface area contributed by atoms with Crippen molar-refractivity contribution in [1.29, 1.82) is 0 Å². The molecule has 6 heteroatoms. The average molecular weight is 291 g/mol. The van der Waals surface area contributed by atoms with Crippen molar-refractivity contribution in [3.8, 4) is 11.4 Å². The van der Waals surface area contributed by atoms with Crippen LogP contribution in [-0.4, -0.2) is 21.2 Å². The first-order chi connectivity index (χ1) is 9.76. The molecule has 2 aromatic rings. The molecule has 112 valence electrons. The fraction of sp³-hybridized carbons (Fsp3) is 0.333. The molecule has 0 aliphatic rings. The summed E-state index contributed by atoms with van der Waals surface area (Å²) >= 11 is 0. The van der Waals surface area contributed by atoms with Crippen LogP contribution in [0.4, 0.5) is 14.9 Å². The molecule has 1 aromatic heterocycles. The summed E-state index contributed by atoms with van der Waals surface area (Å²) in [6, 6.07) is 4.51. The molecule has 0 aliphatic carbocycles. The fourth-order valence-electron chi connectivity index (χ4n) is 1.81. The highest BCUT2D eigenvalue weighted by atomic mass is 19.1. The first-order valence-electron chi connectivity index (χ1n) is 6.53. The molecule has 0 bridgehead atoms. The van der Waals surface area contributed by atoms with Crippen molar-refractivity contribution in [3.63, 3.8) is 0 Å². The van der Waals surface area contributed by atoms with Crippen LogP contribution in [0.1, 0.15) is 20.8 Å². The molecule has 0 saturated heterocycles. The minimum atomic E-state index is -0.689. The second kappa shape index (κ2) is 5.55. The SMILES string of the molecule is Cn1ccnc1-c1ccc(NC(=O)OC(C)(C)C)c(F)c1. The van der Waals surface area contributed by atoms with Gasteiger partial charge in [-0.05, 0) is 39.0 Å². The van der Waals surface area contributed by atoms with E-state index in [4.69, 9.17) is 4.74 Å². The zero-order valence-electron chi connectivity index (χ0n) is 12.5. The van der Waals surface area contributed by atoms with Gasteiger partial charge in [0.15, 0.2) is 0 Å². The molecular formula is C15H18FN3O2. The summed E-state index contributed by atoms with van der Waals surface area (Å²) in [4.78, 5) is 15.8. The summed E-state index contributed by atoms with van der Waals surface area (Å²) in [5.74, 6) is 0.110. The largest absolute Gasteiger partial charge is 0.444 e. The molecule has 1 N–H and O–H groups in total. The van der Waals surface area contributed by atoms with Crippen LogP contribution in [0.2, 0.25) is 0 Å². The van der Waals surface area contributed by atoms with Gasteiger partial charge in [0.1, 0.15) is 17.2 Å². The van der Waals surface area contributed by atoms with Gasteiger partial charge in [-0.25, -0.2) is 14.2 Å². The number of rotatable bonds is 2. The summed E-state index contributed by atoms with van der Waals surface area (Å²) < 4.78 is 20.9. The topological polar surface area (TPSA) is 56.2 Å². The number of aryl methyl sites for hydroxylation is 1. The molecule has 0 spiro atoms. The first-order valence-corrected chi connectivity index (χ1v) is 6.53. The summed E-state index contributed by atoms with van der Waals surface area (Å²) in [5.41, 5.74) is 0.0740. The highest BCUT2D eigenvalue weighted by Crippen LogP contribution is 2.23. The van der Waals surface area contributed by atoms with E-state index in [-0.39, 0.29) is 5.69 Å². The monoisotopic (exact) mass is 291 g/mol. The van der Waals surface area contributed by atoms with Gasteiger partial charge in [0.2, 0.25) is 0 Å². The fourth-order valence-corrected chi connectivity index (χ4v) is 1.81. The second-order valence-electron chi connectivity index (χ2n) is 5.68. The van der Waals surface area contributed by atoms with Crippen molar-refractivity contribution >= 4 is 11.8 Å². The summed E-state index contributed by atoms with van der Waals surface area (Å²) in [6.45, 7) is 5.23. The number of imidazole rings is 1. The van der Waals surface area contributed by atoms with Crippen LogP contribution in [0.5, 0.6) is 0 Å². The third-order valence-corrected chi connectivity index (χ3v) is 2.68. The van der Waals surface area contributed by atoms with Gasteiger partial charge in [0.25, 0.3) is 0 Å². The van der Waals surface area contributed by atoms with E-state index in [9.17, 15) is 9.18 Å². The molecule has 0 saturated carbocycles. The van der Waals surface area contributed by atoms with Crippen molar-refractivity contribution < 1.29 is 13.9 Å². The van der Waals surface area contributed by atoms with E-state index in [1.165, 1.54) is 12.1 Å². The molecule has 5 nitrogen and oxygen atoms in total. The van der Waals surface area contributed by atoms with Crippen molar-refractivity contribution in [1.82, 2.24) is 9.55 Å². The van der Waals surface area contributed by atoms with E-state index >= 15 is 0 Å². The molecule has 1 amide bonds. The minimum Gasteiger partial charge on any atom is -0.444 e. The predicted octanol–water partition coefficient (Wildman–Crippen LogP) is 3.57. The van der Waals surface area contributed by atoms with Crippen molar-refractivity contribution in [3.05, 3.63) is 36.4 Å². The van der Waals surface area contributed by atoms with E-state index in [0.29, 0.717) is 11.4 Å². The Bertz CT molecular complexity index is 659. The number of carbonyl (C=O) groups is 1. The van der Waals surface area contributed by atoms with Crippen molar-refractivity contribution in [2.24, 2.45) is 7.05 Å². The highest BCUT2D eigenvalue weighted by molar-refractivity contribution is 5.85. The maximum absolute atomic E-state index is 14.1. The van der Waals surface area contributed by atoms with Gasteiger partial charge < -0.3 is 9.30 Å². The lowest BCUT2D eigenvalue weighted by Gasteiger charge is -2.19. The number of anilines is 1. The van der Waals surface area contributed by atoms with Crippen LogP contribution < -0.4 is 5.32 Å². The lowest BCUT2D eigenvalue weighted by molar-refractivity contribution is 0.0635. The maximum atomic E-state index is 14.1. The Morgan fingerprint density at radius 2 is 2.10 bits per heavy atom. The van der Waals surface area contributed by atoms with Gasteiger partial charge in [0, 0.05) is 25.0 Å². The van der Waals surface area contributed by atoms with Crippen molar-refractivity contribution in [2.75, 3.05) is 5.32 Å². The van der Waals surface area contributed by atoms with E-state index in [0.717, 1.165) is 0 Å². The third kappa shape index (κ3) is 3.81. The van der Waals surface area contributed by atoms with Crippen LogP contribution >= 0.6 is 0 Å². The lowest BCUT2D eigenvalue weighted by atomic mass is 10.2. The van der Waals surface area contributed by atoms with Gasteiger partial charge in [0.05, 0.1) is 5.69 Å². The predicted molar refractivity (Wildman–Crippen MR) is 78.5 cm³/mol. The Morgan fingerprint density at radius 3 is 2.62 bits per heavy atom. The number of nitrogens with one attached hydrogen (secondary N) is 1. The Labute approximate surface area is 122 Å². The quantitative estimate of drug-likeness (QED) is 0.920. The van der Waals surface area contributed by atoms with Crippen LogP contribution in [0, 0.1) is 5.82 Å². The highest BCUT2D eigenvalue weighted by Gasteiger charge is 2.17. The second-order valence-corrected chi connectivity index (χ2v) is 5.68. The molecule has 0 unspecified atom stereocenters. The zero-order valence-corrected chi connectivity index (χ0v) is 12.5. The number of benzene rings is 1. The third-order valence-electron chi connectivity index (χ3n) is 2.68. The van der Waals surface area contributed by atoms with Gasteiger partial charge in [-0.15, -0.1) is 0 Å². The maximum Gasteiger partial charge on any atom is 0.412 e. The molecule has 0 aliphatic heterocycles. The lowest BCUT2D eigenvalue weighted by Crippen LogP contribution is -2.27. The van der Waals surface area contributed by atoms with Crippen LogP contribution in [0.25, 0.3) is 11.4 Å². The summed E-state index contributed by atoms with van der Waals surface area (Å²) in [7, 11) is 1.83. The molecular weight excluding hydrogens is 273 g/mol. The first kappa shape index (κ1) is 15.0. The van der Waals surface area contributed by atoms with E-state index in [1.807, 2.05) is 7.05 Å². The molecule has 0 radical (unpaired) electrons. The molecule has 0 fully saturated rings. The molecule has 1 aromatic carbocycles. The van der Waals surface area contributed by atoms with E-state index in [2.05, 4.69) is 10.3 Å². The molecule has 2 rings (SSSR count). The van der Waals surface area contributed by atoms with E-state index < -0.39 is 17.5 Å². The van der Waals surface area contributed by atoms with Gasteiger partial charge in [-0.2, -0.15) is 0 Å². The number of hydrogen-bond acceptors (Lipinski definition) is 3. The normalized spacial score (nSPS) is 11.3. The van der Waals surface area contributed by atoms with Crippen LogP contribution in [0.3, 0.4) is 0 Å². The number of aromatic nitrogens is 2. The number of halogens is 1. The van der Waals surface area contributed by atoms with E-state index in [1.54, 1.807) is 43.8 Å². The molecule has 21 heavy (non-hydrogen) atoms. The minimum absolute atomic E-state index is 0.0715. The van der Waals surface area contributed by atoms with Crippen LogP contribution in [0.15, 0.2) is 30.6 Å². The summed E-state index contributed by atoms with van der Waals surface area (Å²) in [5, 5.41) is 2.39. The van der Waals surface area contributed by atoms with Gasteiger partial charge >= 0.3 is 6.09 Å². The van der Waals surface area contributed by atoms with Crippen LogP contribution in [-0.2, 0) is 11.8 Å². The Morgan fingerprint density at radius 1 is 1.38 bits per heavy atom. The number of amides is 1. The number of ether oxygens (including phenoxy) is 1. The average Bonchev–Trinajstić information content (AvgIpc) is 2.76. The smallest absolute Gasteiger partial charge is 0.412 e. The number of carbonyl (C=O) groups excluding carboxylic acids is 1. The van der Waals surface area contributed by atoms with Crippen molar-refractivity contribution in [2.45, 2.75) is 26.4 Å². The Balaban J connectivity index is 2.17. The summed E-state index contributed by atoms with van der Waals surface area (Å²) in [6.07, 6.45) is 2.73. The standard InChI is InChI=1S/C15H18FN3O2/c1-15(2,3)21-14(20)18-12-6-5-10(9-11(12)16)13-17-7-8-19(13)4/h5-9H,1-4H3,(H,18,20). The molecule has 1 heterocycles. The van der Waals surface area contributed by atoms with Gasteiger partial charge in [-0.3, -0.25) is 5.32 Å². The Hall–Kier alpha value is -2.37. The molecule has 0 atom stereocenters. The number of hydrogen-bond donors (Lipinski definition) is 1. The van der Waals surface area contributed by atoms with Gasteiger partial charge in [-0.1, -0.05) is 0 Å².